The van der Waals surface area contributed by atoms with Crippen molar-refractivity contribution < 1.29 is 19.4 Å². The molecule has 6 nitrogen and oxygen atoms in total. The molecule has 1 amide bonds. The van der Waals surface area contributed by atoms with Crippen molar-refractivity contribution in [2.45, 2.75) is 12.0 Å². The second kappa shape index (κ2) is 6.46. The molecule has 2 aromatic rings. The van der Waals surface area contributed by atoms with E-state index >= 15 is 0 Å². The van der Waals surface area contributed by atoms with Gasteiger partial charge in [0.15, 0.2) is 0 Å². The number of benzene rings is 2. The lowest BCUT2D eigenvalue weighted by Crippen LogP contribution is -2.58. The Balaban J connectivity index is 1.41. The smallest absolute Gasteiger partial charge is 0.409 e. The van der Waals surface area contributed by atoms with E-state index in [1.54, 1.807) is 0 Å². The molecule has 1 unspecified atom stereocenters. The summed E-state index contributed by atoms with van der Waals surface area (Å²) in [6.45, 7) is 0.910. The van der Waals surface area contributed by atoms with Crippen molar-refractivity contribution in [3.05, 3.63) is 59.7 Å². The number of ether oxygens (including phenoxy) is 1. The highest BCUT2D eigenvalue weighted by atomic mass is 16.6. The topological polar surface area (TPSA) is 92.9 Å². The molecule has 1 fully saturated rings. The molecule has 1 saturated heterocycles. The number of nitrogens with two attached hydrogens (primary N) is 1. The Bertz CT molecular complexity index is 815. The van der Waals surface area contributed by atoms with Crippen LogP contribution in [0.15, 0.2) is 48.5 Å². The molecule has 0 aromatic heterocycles. The number of hydrogen-bond donors (Lipinski definition) is 2. The van der Waals surface area contributed by atoms with Crippen LogP contribution in [-0.4, -0.2) is 47.8 Å². The van der Waals surface area contributed by atoms with Gasteiger partial charge in [-0.2, -0.15) is 0 Å². The number of carboxylic acid groups (broad SMARTS) is 1. The summed E-state index contributed by atoms with van der Waals surface area (Å²) in [4.78, 5) is 24.6. The van der Waals surface area contributed by atoms with Crippen LogP contribution in [0.1, 0.15) is 17.0 Å². The first kappa shape index (κ1) is 16.6. The first-order valence-electron chi connectivity index (χ1n) is 8.64. The Morgan fingerprint density at radius 1 is 1.08 bits per heavy atom. The third-order valence-electron chi connectivity index (χ3n) is 5.30. The van der Waals surface area contributed by atoms with Crippen LogP contribution in [0.4, 0.5) is 4.79 Å². The van der Waals surface area contributed by atoms with Crippen LogP contribution in [0.2, 0.25) is 0 Å². The van der Waals surface area contributed by atoms with Gasteiger partial charge in [0.05, 0.1) is 0 Å². The quantitative estimate of drug-likeness (QED) is 0.881. The summed E-state index contributed by atoms with van der Waals surface area (Å²) in [6, 6.07) is 15.4. The van der Waals surface area contributed by atoms with Gasteiger partial charge in [-0.25, -0.2) is 4.79 Å². The fourth-order valence-corrected chi connectivity index (χ4v) is 3.78. The molecule has 0 saturated carbocycles. The van der Waals surface area contributed by atoms with Crippen molar-refractivity contribution in [1.29, 1.82) is 0 Å². The first-order valence-corrected chi connectivity index (χ1v) is 8.64. The lowest BCUT2D eigenvalue weighted by molar-refractivity contribution is -0.141. The van der Waals surface area contributed by atoms with Crippen LogP contribution in [0, 0.1) is 5.92 Å². The van der Waals surface area contributed by atoms with Gasteiger partial charge in [-0.15, -0.1) is 0 Å². The van der Waals surface area contributed by atoms with Gasteiger partial charge in [0.2, 0.25) is 0 Å². The van der Waals surface area contributed by atoms with Gasteiger partial charge in [-0.3, -0.25) is 4.79 Å². The molecule has 0 bridgehead atoms. The number of rotatable bonds is 4. The molecule has 1 aliphatic heterocycles. The molecular weight excluding hydrogens is 332 g/mol. The normalized spacial score (nSPS) is 17.2. The highest BCUT2D eigenvalue weighted by molar-refractivity contribution is 5.79. The summed E-state index contributed by atoms with van der Waals surface area (Å²) in [5.41, 5.74) is 10.3. The van der Waals surface area contributed by atoms with Gasteiger partial charge in [0, 0.05) is 24.9 Å². The summed E-state index contributed by atoms with van der Waals surface area (Å²) in [7, 11) is 0. The van der Waals surface area contributed by atoms with Crippen molar-refractivity contribution in [3.63, 3.8) is 0 Å². The van der Waals surface area contributed by atoms with Crippen LogP contribution in [0.5, 0.6) is 0 Å². The minimum absolute atomic E-state index is 0.0182. The highest BCUT2D eigenvalue weighted by Gasteiger charge is 2.39. The maximum absolute atomic E-state index is 12.3. The number of carbonyl (C=O) groups excluding carboxylic acids is 1. The van der Waals surface area contributed by atoms with E-state index in [0.717, 1.165) is 11.1 Å². The van der Waals surface area contributed by atoms with Crippen molar-refractivity contribution in [2.75, 3.05) is 19.7 Å². The molecule has 0 radical (unpaired) electrons. The van der Waals surface area contributed by atoms with E-state index in [9.17, 15) is 9.59 Å². The molecular formula is C20H20N2O4. The van der Waals surface area contributed by atoms with Crippen LogP contribution in [0.25, 0.3) is 11.1 Å². The van der Waals surface area contributed by atoms with Gasteiger partial charge in [0.1, 0.15) is 12.6 Å². The second-order valence-corrected chi connectivity index (χ2v) is 6.83. The number of fused-ring (bicyclic) bond motifs is 3. The molecule has 0 spiro atoms. The number of carboxylic acids is 1. The molecule has 3 N–H and O–H groups in total. The minimum atomic E-state index is -1.04. The number of aliphatic carboxylic acids is 1. The van der Waals surface area contributed by atoms with E-state index in [0.29, 0.717) is 13.1 Å². The first-order chi connectivity index (χ1) is 12.6. The maximum atomic E-state index is 12.3. The van der Waals surface area contributed by atoms with Crippen LogP contribution in [0.3, 0.4) is 0 Å². The zero-order valence-electron chi connectivity index (χ0n) is 14.2. The predicted octanol–water partition coefficient (Wildman–Crippen LogP) is 2.28. The Morgan fingerprint density at radius 2 is 1.62 bits per heavy atom. The van der Waals surface area contributed by atoms with E-state index < -0.39 is 18.1 Å². The molecule has 2 aromatic carbocycles. The molecule has 1 atom stereocenters. The van der Waals surface area contributed by atoms with Crippen molar-refractivity contribution >= 4 is 12.1 Å². The zero-order valence-corrected chi connectivity index (χ0v) is 14.2. The fourth-order valence-electron chi connectivity index (χ4n) is 3.78. The number of carbonyl (C=O) groups is 2. The largest absolute Gasteiger partial charge is 0.480 e. The molecule has 26 heavy (non-hydrogen) atoms. The summed E-state index contributed by atoms with van der Waals surface area (Å²) < 4.78 is 5.53. The molecule has 4 rings (SSSR count). The second-order valence-electron chi connectivity index (χ2n) is 6.83. The lowest BCUT2D eigenvalue weighted by Gasteiger charge is -2.40. The van der Waals surface area contributed by atoms with E-state index in [-0.39, 0.29) is 18.4 Å². The Morgan fingerprint density at radius 3 is 2.15 bits per heavy atom. The van der Waals surface area contributed by atoms with Crippen LogP contribution < -0.4 is 5.73 Å². The zero-order chi connectivity index (χ0) is 18.3. The Labute approximate surface area is 151 Å². The monoisotopic (exact) mass is 352 g/mol. The van der Waals surface area contributed by atoms with Gasteiger partial charge in [0.25, 0.3) is 0 Å². The predicted molar refractivity (Wildman–Crippen MR) is 95.7 cm³/mol. The van der Waals surface area contributed by atoms with Gasteiger partial charge < -0.3 is 20.5 Å². The van der Waals surface area contributed by atoms with E-state index in [1.165, 1.54) is 16.0 Å². The van der Waals surface area contributed by atoms with Crippen molar-refractivity contribution in [3.8, 4) is 11.1 Å². The van der Waals surface area contributed by atoms with Crippen molar-refractivity contribution in [1.82, 2.24) is 4.90 Å². The maximum Gasteiger partial charge on any atom is 0.409 e. The van der Waals surface area contributed by atoms with Crippen LogP contribution >= 0.6 is 0 Å². The van der Waals surface area contributed by atoms with Crippen LogP contribution in [-0.2, 0) is 9.53 Å². The summed E-state index contributed by atoms with van der Waals surface area (Å²) in [6.07, 6.45) is -0.416. The molecule has 134 valence electrons. The summed E-state index contributed by atoms with van der Waals surface area (Å²) in [5.74, 6) is -1.24. The number of nitrogens with zero attached hydrogens (tertiary/aromatic N) is 1. The third kappa shape index (κ3) is 2.72. The van der Waals surface area contributed by atoms with Gasteiger partial charge in [-0.05, 0) is 22.3 Å². The number of likely N-dealkylation sites (tertiary alicyclic amines) is 1. The number of amides is 1. The van der Waals surface area contributed by atoms with E-state index in [4.69, 9.17) is 15.6 Å². The molecule has 1 heterocycles. The molecule has 1 aliphatic carbocycles. The highest BCUT2D eigenvalue weighted by Crippen LogP contribution is 2.44. The third-order valence-corrected chi connectivity index (χ3v) is 5.30. The van der Waals surface area contributed by atoms with E-state index in [2.05, 4.69) is 24.3 Å². The summed E-state index contributed by atoms with van der Waals surface area (Å²) >= 11 is 0. The van der Waals surface area contributed by atoms with Gasteiger partial charge in [-0.1, -0.05) is 48.5 Å². The minimum Gasteiger partial charge on any atom is -0.480 e. The van der Waals surface area contributed by atoms with Gasteiger partial charge >= 0.3 is 12.1 Å². The molecule has 2 aliphatic rings. The SMILES string of the molecule is NC(C(=O)O)C1CN(C(=O)OCC2c3ccccc3-c3ccccc32)C1. The standard InChI is InChI=1S/C20H20N2O4/c21-18(19(23)24)12-9-22(10-12)20(25)26-11-17-15-7-3-1-5-13(15)14-6-2-4-8-16(14)17/h1-8,12,17-18H,9-11,21H2,(H,23,24). The Kier molecular flexibility index (Phi) is 4.12. The fraction of sp³-hybridized carbons (Fsp3) is 0.300. The molecule has 6 heteroatoms. The van der Waals surface area contributed by atoms with E-state index in [1.807, 2.05) is 24.3 Å². The van der Waals surface area contributed by atoms with Crippen molar-refractivity contribution in [2.24, 2.45) is 11.7 Å². The summed E-state index contributed by atoms with van der Waals surface area (Å²) in [5, 5.41) is 8.92. The average Bonchev–Trinajstić information content (AvgIpc) is 2.92. The lowest BCUT2D eigenvalue weighted by atomic mass is 9.93. The average molecular weight is 352 g/mol. The number of hydrogen-bond acceptors (Lipinski definition) is 4. The Hall–Kier alpha value is -2.86.